The van der Waals surface area contributed by atoms with Crippen LogP contribution in [0.25, 0.3) is 0 Å². The molecule has 1 unspecified atom stereocenters. The molecule has 0 fully saturated rings. The third kappa shape index (κ3) is 2.81. The highest BCUT2D eigenvalue weighted by Gasteiger charge is 2.19. The van der Waals surface area contributed by atoms with Crippen molar-refractivity contribution in [1.82, 2.24) is 10.4 Å². The summed E-state index contributed by atoms with van der Waals surface area (Å²) in [4.78, 5) is 4.19. The molecule has 1 aromatic heterocycles. The summed E-state index contributed by atoms with van der Waals surface area (Å²) < 4.78 is 5.47. The molecule has 0 saturated heterocycles. The van der Waals surface area contributed by atoms with Gasteiger partial charge in [0.1, 0.15) is 5.75 Å². The number of nitrogens with zero attached hydrogens (tertiary/aromatic N) is 1. The first-order valence-corrected chi connectivity index (χ1v) is 6.74. The van der Waals surface area contributed by atoms with Crippen molar-refractivity contribution in [2.24, 2.45) is 5.84 Å². The van der Waals surface area contributed by atoms with Crippen LogP contribution in [-0.4, -0.2) is 12.1 Å². The van der Waals surface area contributed by atoms with E-state index in [0.717, 1.165) is 23.3 Å². The molecule has 0 aliphatic rings. The van der Waals surface area contributed by atoms with Crippen LogP contribution in [0.5, 0.6) is 5.75 Å². The number of methoxy groups -OCH3 is 1. The number of nitrogens with one attached hydrogen (secondary N) is 1. The number of benzene rings is 1. The maximum absolute atomic E-state index is 5.81. The molecule has 4 heteroatoms. The molecule has 2 aromatic rings. The maximum atomic E-state index is 5.81. The predicted molar refractivity (Wildman–Crippen MR) is 80.5 cm³/mol. The zero-order valence-corrected chi connectivity index (χ0v) is 12.2. The fourth-order valence-corrected chi connectivity index (χ4v) is 2.44. The van der Waals surface area contributed by atoms with E-state index in [1.165, 1.54) is 11.1 Å². The smallest absolute Gasteiger partial charge is 0.124 e. The van der Waals surface area contributed by atoms with Gasteiger partial charge in [0.05, 0.1) is 13.2 Å². The lowest BCUT2D eigenvalue weighted by atomic mass is 9.93. The van der Waals surface area contributed by atoms with Crippen molar-refractivity contribution in [3.05, 3.63) is 58.9 Å². The van der Waals surface area contributed by atoms with E-state index in [0.29, 0.717) is 0 Å². The minimum absolute atomic E-state index is 0.109. The maximum Gasteiger partial charge on any atom is 0.124 e. The number of ether oxygens (including phenoxy) is 1. The van der Waals surface area contributed by atoms with Gasteiger partial charge in [0, 0.05) is 18.0 Å². The Morgan fingerprint density at radius 3 is 2.75 bits per heavy atom. The Bertz CT molecular complexity index is 584. The van der Waals surface area contributed by atoms with Crippen LogP contribution in [0.15, 0.2) is 36.7 Å². The van der Waals surface area contributed by atoms with Crippen LogP contribution in [0, 0.1) is 6.92 Å². The molecule has 0 amide bonds. The summed E-state index contributed by atoms with van der Waals surface area (Å²) in [6.45, 7) is 4.17. The normalized spacial score (nSPS) is 12.2. The van der Waals surface area contributed by atoms with Gasteiger partial charge in [-0.3, -0.25) is 10.8 Å². The molecular weight excluding hydrogens is 250 g/mol. The standard InChI is InChI=1S/C16H21N3O/c1-4-12-10-18-8-7-13(12)16(19-17)14-9-11(2)5-6-15(14)20-3/h5-10,16,19H,4,17H2,1-3H3. The van der Waals surface area contributed by atoms with E-state index in [9.17, 15) is 0 Å². The van der Waals surface area contributed by atoms with Gasteiger partial charge in [-0.05, 0) is 36.6 Å². The van der Waals surface area contributed by atoms with Crippen molar-refractivity contribution >= 4 is 0 Å². The second-order valence-electron chi connectivity index (χ2n) is 4.77. The second kappa shape index (κ2) is 6.50. The summed E-state index contributed by atoms with van der Waals surface area (Å²) in [7, 11) is 1.68. The molecule has 0 radical (unpaired) electrons. The average molecular weight is 271 g/mol. The lowest BCUT2D eigenvalue weighted by Gasteiger charge is -2.22. The Morgan fingerprint density at radius 1 is 1.30 bits per heavy atom. The molecule has 0 bridgehead atoms. The molecule has 0 aliphatic heterocycles. The second-order valence-corrected chi connectivity index (χ2v) is 4.77. The number of hydrazine groups is 1. The van der Waals surface area contributed by atoms with E-state index in [1.807, 2.05) is 24.4 Å². The molecular formula is C16H21N3O. The van der Waals surface area contributed by atoms with Gasteiger partial charge in [-0.25, -0.2) is 5.43 Å². The minimum Gasteiger partial charge on any atom is -0.496 e. The third-order valence-corrected chi connectivity index (χ3v) is 3.50. The Kier molecular flexibility index (Phi) is 4.71. The van der Waals surface area contributed by atoms with E-state index in [-0.39, 0.29) is 6.04 Å². The van der Waals surface area contributed by atoms with Crippen LogP contribution in [-0.2, 0) is 6.42 Å². The van der Waals surface area contributed by atoms with Gasteiger partial charge in [0.25, 0.3) is 0 Å². The number of hydrogen-bond donors (Lipinski definition) is 2. The van der Waals surface area contributed by atoms with E-state index in [4.69, 9.17) is 10.6 Å². The van der Waals surface area contributed by atoms with Gasteiger partial charge in [0.2, 0.25) is 0 Å². The molecule has 2 rings (SSSR count). The molecule has 3 N–H and O–H groups in total. The summed E-state index contributed by atoms with van der Waals surface area (Å²) >= 11 is 0. The molecule has 4 nitrogen and oxygen atoms in total. The number of rotatable bonds is 5. The van der Waals surface area contributed by atoms with E-state index < -0.39 is 0 Å². The summed E-state index contributed by atoms with van der Waals surface area (Å²) in [5.41, 5.74) is 7.43. The predicted octanol–water partition coefficient (Wildman–Crippen LogP) is 2.51. The highest BCUT2D eigenvalue weighted by Crippen LogP contribution is 2.31. The van der Waals surface area contributed by atoms with Crippen LogP contribution in [0.3, 0.4) is 0 Å². The monoisotopic (exact) mass is 271 g/mol. The SMILES string of the molecule is CCc1cnccc1C(NN)c1cc(C)ccc1OC. The van der Waals surface area contributed by atoms with Gasteiger partial charge < -0.3 is 4.74 Å². The third-order valence-electron chi connectivity index (χ3n) is 3.50. The molecule has 0 spiro atoms. The fourth-order valence-electron chi connectivity index (χ4n) is 2.44. The average Bonchev–Trinajstić information content (AvgIpc) is 2.49. The van der Waals surface area contributed by atoms with Gasteiger partial charge in [-0.1, -0.05) is 24.6 Å². The van der Waals surface area contributed by atoms with Crippen LogP contribution < -0.4 is 16.0 Å². The quantitative estimate of drug-likeness (QED) is 0.648. The number of nitrogens with two attached hydrogens (primary N) is 1. The molecule has 1 heterocycles. The first-order chi connectivity index (χ1) is 9.71. The number of hydrogen-bond acceptors (Lipinski definition) is 4. The molecule has 106 valence electrons. The molecule has 20 heavy (non-hydrogen) atoms. The van der Waals surface area contributed by atoms with Crippen molar-refractivity contribution in [3.63, 3.8) is 0 Å². The number of pyridine rings is 1. The first kappa shape index (κ1) is 14.5. The molecule has 0 aliphatic carbocycles. The number of aromatic nitrogens is 1. The number of aryl methyl sites for hydroxylation is 2. The highest BCUT2D eigenvalue weighted by atomic mass is 16.5. The van der Waals surface area contributed by atoms with Crippen molar-refractivity contribution in [2.45, 2.75) is 26.3 Å². The van der Waals surface area contributed by atoms with Crippen LogP contribution in [0.2, 0.25) is 0 Å². The van der Waals surface area contributed by atoms with E-state index in [1.54, 1.807) is 13.3 Å². The van der Waals surface area contributed by atoms with Crippen molar-refractivity contribution in [2.75, 3.05) is 7.11 Å². The Balaban J connectivity index is 2.55. The van der Waals surface area contributed by atoms with Crippen LogP contribution in [0.4, 0.5) is 0 Å². The van der Waals surface area contributed by atoms with Crippen molar-refractivity contribution < 1.29 is 4.74 Å². The Hall–Kier alpha value is -1.91. The van der Waals surface area contributed by atoms with Crippen LogP contribution in [0.1, 0.15) is 35.2 Å². The Morgan fingerprint density at radius 2 is 2.10 bits per heavy atom. The van der Waals surface area contributed by atoms with Crippen LogP contribution >= 0.6 is 0 Å². The Labute approximate surface area is 120 Å². The van der Waals surface area contributed by atoms with Crippen molar-refractivity contribution in [1.29, 1.82) is 0 Å². The molecule has 0 saturated carbocycles. The summed E-state index contributed by atoms with van der Waals surface area (Å²) in [5, 5.41) is 0. The first-order valence-electron chi connectivity index (χ1n) is 6.74. The van der Waals surface area contributed by atoms with Crippen molar-refractivity contribution in [3.8, 4) is 5.75 Å². The zero-order valence-electron chi connectivity index (χ0n) is 12.2. The summed E-state index contributed by atoms with van der Waals surface area (Å²) in [6, 6.07) is 8.00. The van der Waals surface area contributed by atoms with E-state index >= 15 is 0 Å². The topological polar surface area (TPSA) is 60.2 Å². The molecule has 1 atom stereocenters. The van der Waals surface area contributed by atoms with Gasteiger partial charge in [-0.15, -0.1) is 0 Å². The van der Waals surface area contributed by atoms with Gasteiger partial charge >= 0.3 is 0 Å². The largest absolute Gasteiger partial charge is 0.496 e. The highest BCUT2D eigenvalue weighted by molar-refractivity contribution is 5.45. The summed E-state index contributed by atoms with van der Waals surface area (Å²) in [6.07, 6.45) is 4.60. The van der Waals surface area contributed by atoms with Gasteiger partial charge in [0.15, 0.2) is 0 Å². The van der Waals surface area contributed by atoms with Gasteiger partial charge in [-0.2, -0.15) is 0 Å². The lowest BCUT2D eigenvalue weighted by Crippen LogP contribution is -2.30. The fraction of sp³-hybridized carbons (Fsp3) is 0.312. The lowest BCUT2D eigenvalue weighted by molar-refractivity contribution is 0.404. The van der Waals surface area contributed by atoms with E-state index in [2.05, 4.69) is 30.3 Å². The zero-order chi connectivity index (χ0) is 14.5. The summed E-state index contributed by atoms with van der Waals surface area (Å²) in [5.74, 6) is 6.64. The minimum atomic E-state index is -0.109. The molecule has 1 aromatic carbocycles.